The Bertz CT molecular complexity index is 3930. The van der Waals surface area contributed by atoms with E-state index in [9.17, 15) is 105 Å². The van der Waals surface area contributed by atoms with Crippen molar-refractivity contribution in [3.8, 4) is 0 Å². The summed E-state index contributed by atoms with van der Waals surface area (Å²) in [5.41, 5.74) is -28.7. The number of nitrogens with one attached hydrogen (secondary N) is 2. The minimum absolute atomic E-state index is 0.810. The summed E-state index contributed by atoms with van der Waals surface area (Å²) < 4.78 is 588. The van der Waals surface area contributed by atoms with Gasteiger partial charge in [-0.05, 0) is 59.3 Å². The third-order valence-electron chi connectivity index (χ3n) is 19.6. The van der Waals surface area contributed by atoms with Crippen molar-refractivity contribution >= 4 is 56.0 Å². The maximum absolute atomic E-state index is 15.4. The van der Waals surface area contributed by atoms with E-state index in [0.717, 1.165) is 18.1 Å². The molecule has 3 atom stereocenters. The fourth-order valence-corrected chi connectivity index (χ4v) is 13.6. The highest BCUT2D eigenvalue weighted by Gasteiger charge is 2.55. The molecule has 2 nitrogen and oxygen atoms in total. The van der Waals surface area contributed by atoms with Crippen LogP contribution in [0.4, 0.5) is 176 Å². The van der Waals surface area contributed by atoms with E-state index in [1.54, 1.807) is 4.90 Å². The number of benzene rings is 8. The molecular formula is C72H56B2F40N2. The Kier molecular flexibility index (Phi) is 32.5. The van der Waals surface area contributed by atoms with E-state index in [1.807, 2.05) is 4.90 Å². The van der Waals surface area contributed by atoms with Crippen molar-refractivity contribution in [2.45, 2.75) is 138 Å². The first-order valence-corrected chi connectivity index (χ1v) is 34.0. The Balaban J connectivity index is 0.000000317. The van der Waals surface area contributed by atoms with Crippen molar-refractivity contribution in [1.29, 1.82) is 0 Å². The molecule has 116 heavy (non-hydrogen) atoms. The molecule has 0 fully saturated rings. The minimum atomic E-state index is -7.22. The van der Waals surface area contributed by atoms with E-state index in [0.29, 0.717) is 0 Å². The molecule has 2 N–H and O–H groups in total. The largest absolute Gasteiger partial charge is 0.335 e. The molecule has 0 heterocycles. The van der Waals surface area contributed by atoms with Crippen LogP contribution < -0.4 is 53.5 Å². The van der Waals surface area contributed by atoms with E-state index in [-0.39, 0.29) is 0 Å². The van der Waals surface area contributed by atoms with Crippen molar-refractivity contribution in [1.82, 2.24) is 0 Å². The molecule has 8 aromatic rings. The smallest absolute Gasteiger partial charge is 0.200 e. The Morgan fingerprint density at radius 3 is 0.353 bits per heavy atom. The summed E-state index contributed by atoms with van der Waals surface area (Å²) in [6.45, 7) is 25.1. The van der Waals surface area contributed by atoms with Gasteiger partial charge in [-0.25, -0.2) is 176 Å². The fraction of sp³-hybridized carbons (Fsp3) is 0.333. The van der Waals surface area contributed by atoms with Gasteiger partial charge in [0.05, 0.1) is 37.8 Å². The number of rotatable bonds is 23. The molecule has 0 saturated carbocycles. The van der Waals surface area contributed by atoms with Gasteiger partial charge in [0.25, 0.3) is 0 Å². The Morgan fingerprint density at radius 1 is 0.172 bits per heavy atom. The van der Waals surface area contributed by atoms with Crippen LogP contribution in [0.15, 0.2) is 0 Å². The van der Waals surface area contributed by atoms with Gasteiger partial charge in [-0.3, -0.25) is 0 Å². The fourth-order valence-electron chi connectivity index (χ4n) is 13.6. The zero-order valence-electron chi connectivity index (χ0n) is 60.5. The third kappa shape index (κ3) is 16.7. The molecule has 640 valence electrons. The van der Waals surface area contributed by atoms with Crippen LogP contribution in [0.2, 0.25) is 0 Å². The quantitative estimate of drug-likeness (QED) is 0.0273. The lowest BCUT2D eigenvalue weighted by molar-refractivity contribution is -0.968. The van der Waals surface area contributed by atoms with E-state index >= 15 is 70.2 Å². The van der Waals surface area contributed by atoms with Gasteiger partial charge in [0.2, 0.25) is 0 Å². The van der Waals surface area contributed by atoms with Crippen LogP contribution in [0.3, 0.4) is 0 Å². The first-order chi connectivity index (χ1) is 53.8. The molecule has 0 amide bonds. The highest BCUT2D eigenvalue weighted by molar-refractivity contribution is 7.21. The van der Waals surface area contributed by atoms with Crippen LogP contribution in [-0.2, 0) is 0 Å². The molecule has 8 aromatic carbocycles. The molecule has 0 aromatic heterocycles. The molecule has 44 heteroatoms. The van der Waals surface area contributed by atoms with Gasteiger partial charge in [-0.1, -0.05) is 60.8 Å². The SMILES string of the molecule is CCC(C)[NH+](C(C)CC)C(C)CC.CCCC[NH+](CCCC)CCCC.Fc1c(F)c(F)c([B-](c2c(F)c(F)c(F)c(F)c2F)(c2c(F)c(F)c(F)c(F)c2F)c2c(F)c(F)c(F)c(F)c2F)c(F)c1F.Fc1c(F)c(F)c([B-](c2c(F)c(F)c(F)c(F)c2F)(c2c(F)c(F)c(F)c(F)c2F)c2c(F)c(F)c(F)c(F)c2F)c(F)c1F. The van der Waals surface area contributed by atoms with Gasteiger partial charge in [0.1, 0.15) is 105 Å². The van der Waals surface area contributed by atoms with E-state index in [4.69, 9.17) is 0 Å². The minimum Gasteiger partial charge on any atom is -0.335 e. The second-order valence-electron chi connectivity index (χ2n) is 26.1. The summed E-state index contributed by atoms with van der Waals surface area (Å²) in [5, 5.41) is 0. The van der Waals surface area contributed by atoms with Crippen molar-refractivity contribution in [2.24, 2.45) is 0 Å². The lowest BCUT2D eigenvalue weighted by Gasteiger charge is -2.44. The molecule has 0 spiro atoms. The first-order valence-electron chi connectivity index (χ1n) is 34.0. The zero-order valence-corrected chi connectivity index (χ0v) is 60.5. The predicted octanol–water partition coefficient (Wildman–Crippen LogP) is 16.2. The normalized spacial score (nSPS) is 12.9. The molecule has 0 bridgehead atoms. The Hall–Kier alpha value is -8.99. The van der Waals surface area contributed by atoms with Gasteiger partial charge in [-0.15, -0.1) is 43.7 Å². The maximum atomic E-state index is 15.4. The molecule has 0 aliphatic rings. The van der Waals surface area contributed by atoms with Crippen molar-refractivity contribution < 1.29 is 185 Å². The average Bonchev–Trinajstić information content (AvgIpc) is 0.686. The maximum Gasteiger partial charge on any atom is 0.200 e. The van der Waals surface area contributed by atoms with Crippen LogP contribution in [-0.4, -0.2) is 50.1 Å². The van der Waals surface area contributed by atoms with Crippen LogP contribution in [0.25, 0.3) is 0 Å². The monoisotopic (exact) mass is 1730 g/mol. The zero-order chi connectivity index (χ0) is 89.1. The topological polar surface area (TPSA) is 8.88 Å². The second kappa shape index (κ2) is 38.6. The van der Waals surface area contributed by atoms with Gasteiger partial charge in [0, 0.05) is 0 Å². The summed E-state index contributed by atoms with van der Waals surface area (Å²) in [6, 6.07) is 2.43. The van der Waals surface area contributed by atoms with Crippen molar-refractivity contribution in [2.75, 3.05) is 19.6 Å². The molecule has 0 aliphatic carbocycles. The van der Waals surface area contributed by atoms with Gasteiger partial charge in [0.15, 0.2) is 140 Å². The Labute approximate surface area is 630 Å². The number of hydrogen-bond donors (Lipinski definition) is 2. The van der Waals surface area contributed by atoms with Gasteiger partial charge >= 0.3 is 0 Å². The lowest BCUT2D eigenvalue weighted by Crippen LogP contribution is -3.21. The standard InChI is InChI=1S/2C24BF20.2C12H27N/c2*26-5-1(6(27)14(35)21(42)13(5)34)25(2-7(28)15(36)22(43)16(37)8(2)29,3-9(30)17(38)23(44)18(39)10(3)31)4-11(32)19(40)24(45)20(41)12(4)33;1-7-10(4)13(11(5)8-2)12(6)9-3;1-4-7-10-13(11-8-5-2)12-9-6-3/h;;10-12H,7-9H2,1-6H3;4-12H2,1-3H3/q2*-1;;/p+2. The second-order valence-corrected chi connectivity index (χ2v) is 26.1. The van der Waals surface area contributed by atoms with Crippen LogP contribution >= 0.6 is 0 Å². The number of hydrogen-bond acceptors (Lipinski definition) is 0. The predicted molar refractivity (Wildman–Crippen MR) is 339 cm³/mol. The van der Waals surface area contributed by atoms with Crippen LogP contribution in [0.1, 0.15) is 120 Å². The summed E-state index contributed by atoms with van der Waals surface area (Å²) in [5.74, 6) is -143. The van der Waals surface area contributed by atoms with Crippen molar-refractivity contribution in [3.05, 3.63) is 233 Å². The molecule has 3 unspecified atom stereocenters. The lowest BCUT2D eigenvalue weighted by atomic mass is 9.12. The van der Waals surface area contributed by atoms with Crippen LogP contribution in [0.5, 0.6) is 0 Å². The highest BCUT2D eigenvalue weighted by Crippen LogP contribution is 2.35. The molecule has 8 rings (SSSR count). The Morgan fingerprint density at radius 2 is 0.267 bits per heavy atom. The molecule has 0 saturated heterocycles. The van der Waals surface area contributed by atoms with Crippen LogP contribution in [0, 0.1) is 233 Å². The third-order valence-corrected chi connectivity index (χ3v) is 19.6. The number of halogens is 40. The number of unbranched alkanes of at least 4 members (excludes halogenated alkanes) is 3. The van der Waals surface area contributed by atoms with Gasteiger partial charge < -0.3 is 9.80 Å². The summed E-state index contributed by atoms with van der Waals surface area (Å²) >= 11 is 0. The number of quaternary nitrogens is 2. The molecular weight excluding hydrogens is 1670 g/mol. The highest BCUT2D eigenvalue weighted by atomic mass is 19.2. The molecule has 0 aliphatic heterocycles. The van der Waals surface area contributed by atoms with E-state index < -0.39 is 289 Å². The summed E-state index contributed by atoms with van der Waals surface area (Å²) in [7, 11) is 0. The van der Waals surface area contributed by atoms with E-state index in [2.05, 4.69) is 62.3 Å². The average molecular weight is 1730 g/mol. The van der Waals surface area contributed by atoms with Crippen molar-refractivity contribution in [3.63, 3.8) is 0 Å². The summed E-state index contributed by atoms with van der Waals surface area (Å²) in [6.07, 6.45) is -2.28. The molecule has 0 radical (unpaired) electrons. The van der Waals surface area contributed by atoms with Gasteiger partial charge in [-0.2, -0.15) is 0 Å². The van der Waals surface area contributed by atoms with E-state index in [1.165, 1.54) is 77.4 Å². The first kappa shape index (κ1) is 97.6. The summed E-state index contributed by atoms with van der Waals surface area (Å²) in [4.78, 5) is 3.64.